The number of amides is 1. The summed E-state index contributed by atoms with van der Waals surface area (Å²) in [6, 6.07) is 10.2. The van der Waals surface area contributed by atoms with E-state index in [0.717, 1.165) is 49.5 Å². The first-order valence-corrected chi connectivity index (χ1v) is 16.0. The fourth-order valence-corrected chi connectivity index (χ4v) is 6.43. The summed E-state index contributed by atoms with van der Waals surface area (Å²) >= 11 is 0. The molecule has 0 radical (unpaired) electrons. The number of pyridine rings is 1. The summed E-state index contributed by atoms with van der Waals surface area (Å²) < 4.78 is 3.60. The minimum absolute atomic E-state index is 0.0557. The number of nitrogens with one attached hydrogen (secondary N) is 2. The number of carbonyl (C=O) groups excluding carboxylic acids is 1. The van der Waals surface area contributed by atoms with Gasteiger partial charge >= 0.3 is 0 Å². The average molecular weight is 613 g/mol. The predicted octanol–water partition coefficient (Wildman–Crippen LogP) is 4.23. The molecule has 4 heterocycles. The van der Waals surface area contributed by atoms with Crippen LogP contribution in [0.2, 0.25) is 0 Å². The number of benzene rings is 1. The van der Waals surface area contributed by atoms with Gasteiger partial charge in [-0.1, -0.05) is 26.8 Å². The zero-order valence-corrected chi connectivity index (χ0v) is 26.9. The van der Waals surface area contributed by atoms with Gasteiger partial charge in [0.05, 0.1) is 11.8 Å². The van der Waals surface area contributed by atoms with Crippen LogP contribution in [0, 0.1) is 5.92 Å². The van der Waals surface area contributed by atoms with Gasteiger partial charge in [-0.25, -0.2) is 14.3 Å². The van der Waals surface area contributed by atoms with Crippen molar-refractivity contribution in [3.8, 4) is 5.69 Å². The Labute approximate surface area is 263 Å². The maximum atomic E-state index is 13.5. The van der Waals surface area contributed by atoms with Gasteiger partial charge in [-0.2, -0.15) is 4.98 Å². The van der Waals surface area contributed by atoms with Crippen LogP contribution >= 0.6 is 0 Å². The summed E-state index contributed by atoms with van der Waals surface area (Å²) in [4.78, 5) is 42.3. The van der Waals surface area contributed by atoms with Gasteiger partial charge in [0.15, 0.2) is 5.65 Å². The third-order valence-corrected chi connectivity index (χ3v) is 8.93. The fraction of sp³-hybridized carbons (Fsp3) is 0.500. The van der Waals surface area contributed by atoms with Crippen LogP contribution in [-0.4, -0.2) is 66.0 Å². The fourth-order valence-electron chi connectivity index (χ4n) is 6.43. The van der Waals surface area contributed by atoms with Crippen LogP contribution in [-0.2, 0) is 23.2 Å². The third-order valence-electron chi connectivity index (χ3n) is 8.93. The number of carbonyl (C=O) groups is 1. The van der Waals surface area contributed by atoms with Gasteiger partial charge in [0.2, 0.25) is 11.9 Å². The van der Waals surface area contributed by atoms with E-state index in [1.165, 1.54) is 11.1 Å². The third kappa shape index (κ3) is 6.50. The van der Waals surface area contributed by atoms with E-state index in [4.69, 9.17) is 4.98 Å². The van der Waals surface area contributed by atoms with Crippen LogP contribution in [0.3, 0.4) is 0 Å². The molecule has 6 rings (SSSR count). The van der Waals surface area contributed by atoms with E-state index in [9.17, 15) is 14.7 Å². The zero-order valence-electron chi connectivity index (χ0n) is 26.9. The first kappa shape index (κ1) is 30.9. The van der Waals surface area contributed by atoms with E-state index < -0.39 is 0 Å². The summed E-state index contributed by atoms with van der Waals surface area (Å²) in [5.74, 6) is 0.399. The van der Waals surface area contributed by atoms with E-state index in [2.05, 4.69) is 58.4 Å². The van der Waals surface area contributed by atoms with E-state index in [1.54, 1.807) is 17.1 Å². The maximum absolute atomic E-state index is 13.5. The Bertz CT molecular complexity index is 1770. The number of aromatic nitrogens is 5. The van der Waals surface area contributed by atoms with E-state index in [0.29, 0.717) is 36.4 Å². The molecule has 0 bridgehead atoms. The van der Waals surface area contributed by atoms with Gasteiger partial charge in [0, 0.05) is 67.3 Å². The zero-order chi connectivity index (χ0) is 31.9. The summed E-state index contributed by atoms with van der Waals surface area (Å²) in [6.07, 6.45) is 6.03. The molecule has 4 aromatic rings. The van der Waals surface area contributed by atoms with Gasteiger partial charge in [-0.15, -0.1) is 0 Å². The van der Waals surface area contributed by atoms with Crippen molar-refractivity contribution in [2.45, 2.75) is 84.4 Å². The number of aliphatic hydroxyl groups excluding tert-OH is 1. The van der Waals surface area contributed by atoms with Crippen molar-refractivity contribution in [1.82, 2.24) is 34.5 Å². The second-order valence-corrected chi connectivity index (χ2v) is 13.7. The Hall–Kier alpha value is -4.09. The second-order valence-electron chi connectivity index (χ2n) is 13.7. The molecule has 238 valence electrons. The molecule has 11 nitrogen and oxygen atoms in total. The minimum atomic E-state index is -0.344. The van der Waals surface area contributed by atoms with Crippen LogP contribution in [0.25, 0.3) is 16.7 Å². The van der Waals surface area contributed by atoms with Gasteiger partial charge < -0.3 is 15.7 Å². The molecule has 3 N–H and O–H groups in total. The van der Waals surface area contributed by atoms with Crippen LogP contribution in [0.5, 0.6) is 0 Å². The van der Waals surface area contributed by atoms with Gasteiger partial charge in [-0.3, -0.25) is 19.5 Å². The Balaban J connectivity index is 1.21. The molecule has 0 spiro atoms. The monoisotopic (exact) mass is 612 g/mol. The molecule has 0 saturated heterocycles. The Morgan fingerprint density at radius 2 is 1.93 bits per heavy atom. The Morgan fingerprint density at radius 1 is 1.11 bits per heavy atom. The van der Waals surface area contributed by atoms with E-state index >= 15 is 0 Å². The topological polar surface area (TPSA) is 130 Å². The molecule has 11 heteroatoms. The molecule has 1 fully saturated rings. The van der Waals surface area contributed by atoms with Crippen molar-refractivity contribution in [3.63, 3.8) is 0 Å². The number of nitrogens with zero attached hydrogens (tertiary/aromatic N) is 6. The highest BCUT2D eigenvalue weighted by Gasteiger charge is 2.28. The summed E-state index contributed by atoms with van der Waals surface area (Å²) in [5, 5.41) is 16.6. The van der Waals surface area contributed by atoms with Crippen molar-refractivity contribution < 1.29 is 9.90 Å². The summed E-state index contributed by atoms with van der Waals surface area (Å²) in [6.45, 7) is 13.4. The van der Waals surface area contributed by atoms with Crippen LogP contribution in [0.4, 0.5) is 11.6 Å². The quantitative estimate of drug-likeness (QED) is 0.270. The number of anilines is 2. The lowest BCUT2D eigenvalue weighted by molar-refractivity contribution is -0.125. The minimum Gasteiger partial charge on any atom is -0.393 e. The van der Waals surface area contributed by atoms with E-state index in [-0.39, 0.29) is 34.9 Å². The van der Waals surface area contributed by atoms with Crippen LogP contribution in [0.1, 0.15) is 76.7 Å². The molecule has 1 aromatic carbocycles. The molecule has 1 amide bonds. The highest BCUT2D eigenvalue weighted by molar-refractivity contribution is 5.79. The number of aliphatic hydroxyl groups is 1. The lowest BCUT2D eigenvalue weighted by Gasteiger charge is -2.29. The van der Waals surface area contributed by atoms with Gasteiger partial charge in [0.25, 0.3) is 5.56 Å². The summed E-state index contributed by atoms with van der Waals surface area (Å²) in [5.41, 5.74) is 5.42. The molecule has 45 heavy (non-hydrogen) atoms. The standard InChI is InChI=1S/C34H44N8O3/c1-21(2)41-32(45)28-19-37-33(39-30(28)42(41)26-10-12-35-29(18-26)34(3,4)5)38-25-8-6-22-11-14-40(20-24(22)16-25)15-13-36-31(44)23-7-9-27(43)17-23/h6,8,10,12,16,18-19,21,23,27,43H,7,9,11,13-15,17,20H2,1-5H3,(H,36,44)(H,37,38,39). The Kier molecular flexibility index (Phi) is 8.49. The number of rotatable bonds is 8. The molecule has 2 atom stereocenters. The molecule has 1 aliphatic carbocycles. The number of fused-ring (bicyclic) bond motifs is 2. The van der Waals surface area contributed by atoms with Crippen LogP contribution in [0.15, 0.2) is 47.5 Å². The predicted molar refractivity (Wildman–Crippen MR) is 175 cm³/mol. The first-order valence-electron chi connectivity index (χ1n) is 16.0. The van der Waals surface area contributed by atoms with Crippen molar-refractivity contribution in [2.24, 2.45) is 5.92 Å². The lowest BCUT2D eigenvalue weighted by atomic mass is 9.91. The molecule has 2 aliphatic rings. The van der Waals surface area contributed by atoms with Gasteiger partial charge in [-0.05, 0) is 74.9 Å². The van der Waals surface area contributed by atoms with Crippen molar-refractivity contribution >= 4 is 28.6 Å². The highest BCUT2D eigenvalue weighted by atomic mass is 16.3. The van der Waals surface area contributed by atoms with Gasteiger partial charge in [0.1, 0.15) is 5.39 Å². The average Bonchev–Trinajstić information content (AvgIpc) is 3.57. The second kappa shape index (κ2) is 12.4. The molecule has 1 aliphatic heterocycles. The summed E-state index contributed by atoms with van der Waals surface area (Å²) in [7, 11) is 0. The normalized spacial score (nSPS) is 18.8. The van der Waals surface area contributed by atoms with Crippen molar-refractivity contribution in [3.05, 3.63) is 69.9 Å². The lowest BCUT2D eigenvalue weighted by Crippen LogP contribution is -2.39. The SMILES string of the molecule is CC(C)n1c(=O)c2cnc(Nc3ccc4c(c3)CN(CCNC(=O)C3CCC(O)C3)CC4)nc2n1-c1ccnc(C(C)(C)C)c1. The molecule has 2 unspecified atom stereocenters. The van der Waals surface area contributed by atoms with Crippen molar-refractivity contribution in [1.29, 1.82) is 0 Å². The molecular formula is C34H44N8O3. The van der Waals surface area contributed by atoms with Crippen molar-refractivity contribution in [2.75, 3.05) is 25.0 Å². The first-order chi connectivity index (χ1) is 21.5. The van der Waals surface area contributed by atoms with E-state index in [1.807, 2.05) is 36.7 Å². The van der Waals surface area contributed by atoms with Crippen LogP contribution < -0.4 is 16.2 Å². The smallest absolute Gasteiger partial charge is 0.278 e. The molecular weight excluding hydrogens is 568 g/mol. The highest BCUT2D eigenvalue weighted by Crippen LogP contribution is 2.28. The molecule has 3 aromatic heterocycles. The number of hydrogen-bond acceptors (Lipinski definition) is 8. The maximum Gasteiger partial charge on any atom is 0.278 e. The molecule has 1 saturated carbocycles. The largest absolute Gasteiger partial charge is 0.393 e. The number of hydrogen-bond donors (Lipinski definition) is 3. The Morgan fingerprint density at radius 3 is 2.67 bits per heavy atom.